The van der Waals surface area contributed by atoms with Gasteiger partial charge in [-0.2, -0.15) is 0 Å². The predicted molar refractivity (Wildman–Crippen MR) is 63.0 cm³/mol. The summed E-state index contributed by atoms with van der Waals surface area (Å²) in [6.07, 6.45) is 0.840. The van der Waals surface area contributed by atoms with Crippen molar-refractivity contribution in [2.24, 2.45) is 0 Å². The van der Waals surface area contributed by atoms with Crippen molar-refractivity contribution in [3.05, 3.63) is 17.5 Å². The third-order valence-corrected chi connectivity index (χ3v) is 2.92. The number of rotatable bonds is 2. The molecule has 1 aromatic rings. The second-order valence-corrected chi connectivity index (χ2v) is 4.36. The third-order valence-electron chi connectivity index (χ3n) is 2.74. The van der Waals surface area contributed by atoms with E-state index < -0.39 is 6.10 Å². The molecule has 0 aromatic carbocycles. The van der Waals surface area contributed by atoms with Crippen LogP contribution in [0.3, 0.4) is 0 Å². The van der Waals surface area contributed by atoms with Crippen LogP contribution >= 0.6 is 11.6 Å². The summed E-state index contributed by atoms with van der Waals surface area (Å²) in [6, 6.07) is 1.07. The molecule has 0 radical (unpaired) electrons. The van der Waals surface area contributed by atoms with Crippen molar-refractivity contribution in [2.45, 2.75) is 19.1 Å². The standard InChI is InChI=1S/C10H13ClN4O2/c1-6(16)7-5-14(2)10(17)15(7)8-3-4-12-9(11)13-8/h3-4,6-7,16H,5H2,1-2H3/t6-,7+/m1/s1. The first kappa shape index (κ1) is 12.1. The summed E-state index contributed by atoms with van der Waals surface area (Å²) in [5, 5.41) is 9.77. The fraction of sp³-hybridized carbons (Fsp3) is 0.500. The maximum Gasteiger partial charge on any atom is 0.325 e. The molecule has 0 unspecified atom stereocenters. The first-order chi connectivity index (χ1) is 8.00. The maximum absolute atomic E-state index is 12.0. The van der Waals surface area contributed by atoms with Crippen LogP contribution in [0.4, 0.5) is 10.6 Å². The van der Waals surface area contributed by atoms with Crippen molar-refractivity contribution in [2.75, 3.05) is 18.5 Å². The smallest absolute Gasteiger partial charge is 0.325 e. The molecule has 2 rings (SSSR count). The van der Waals surface area contributed by atoms with Crippen molar-refractivity contribution in [1.82, 2.24) is 14.9 Å². The van der Waals surface area contributed by atoms with Gasteiger partial charge in [-0.25, -0.2) is 14.8 Å². The van der Waals surface area contributed by atoms with Gasteiger partial charge in [0.25, 0.3) is 0 Å². The molecule has 92 valence electrons. The number of hydrogen-bond acceptors (Lipinski definition) is 4. The molecular formula is C10H13ClN4O2. The van der Waals surface area contributed by atoms with E-state index in [1.54, 1.807) is 20.0 Å². The van der Waals surface area contributed by atoms with Crippen molar-refractivity contribution in [1.29, 1.82) is 0 Å². The lowest BCUT2D eigenvalue weighted by Gasteiger charge is -2.23. The summed E-state index contributed by atoms with van der Waals surface area (Å²) in [5.74, 6) is 0.408. The molecule has 1 saturated heterocycles. The Labute approximate surface area is 104 Å². The fourth-order valence-corrected chi connectivity index (χ4v) is 2.01. The first-order valence-electron chi connectivity index (χ1n) is 5.21. The second kappa shape index (κ2) is 4.46. The average molecular weight is 257 g/mol. The van der Waals surface area contributed by atoms with E-state index >= 15 is 0 Å². The van der Waals surface area contributed by atoms with Gasteiger partial charge in [0, 0.05) is 19.8 Å². The Morgan fingerprint density at radius 2 is 2.35 bits per heavy atom. The molecule has 7 heteroatoms. The first-order valence-corrected chi connectivity index (χ1v) is 5.59. The molecule has 1 aliphatic rings. The predicted octanol–water partition coefficient (Wildman–Crippen LogP) is 0.751. The number of halogens is 1. The highest BCUT2D eigenvalue weighted by molar-refractivity contribution is 6.28. The van der Waals surface area contributed by atoms with Gasteiger partial charge in [-0.3, -0.25) is 4.90 Å². The number of aliphatic hydroxyl groups excluding tert-OH is 1. The number of hydrogen-bond donors (Lipinski definition) is 1. The molecule has 2 heterocycles. The monoisotopic (exact) mass is 256 g/mol. The van der Waals surface area contributed by atoms with Crippen LogP contribution in [-0.2, 0) is 0 Å². The van der Waals surface area contributed by atoms with Crippen molar-refractivity contribution < 1.29 is 9.90 Å². The highest BCUT2D eigenvalue weighted by atomic mass is 35.5. The topological polar surface area (TPSA) is 69.6 Å². The van der Waals surface area contributed by atoms with Gasteiger partial charge < -0.3 is 10.0 Å². The Morgan fingerprint density at radius 3 is 2.94 bits per heavy atom. The molecule has 6 nitrogen and oxygen atoms in total. The summed E-state index contributed by atoms with van der Waals surface area (Å²) in [4.78, 5) is 22.7. The summed E-state index contributed by atoms with van der Waals surface area (Å²) >= 11 is 5.70. The zero-order chi connectivity index (χ0) is 12.6. The number of carbonyl (C=O) groups excluding carboxylic acids is 1. The van der Waals surface area contributed by atoms with E-state index in [-0.39, 0.29) is 17.4 Å². The Balaban J connectivity index is 2.37. The van der Waals surface area contributed by atoms with Crippen molar-refractivity contribution >= 4 is 23.4 Å². The molecule has 1 aliphatic heterocycles. The van der Waals surface area contributed by atoms with Crippen LogP contribution in [0.2, 0.25) is 5.28 Å². The number of aromatic nitrogens is 2. The molecule has 1 N–H and O–H groups in total. The van der Waals surface area contributed by atoms with E-state index in [1.165, 1.54) is 16.0 Å². The molecule has 2 amide bonds. The van der Waals surface area contributed by atoms with Gasteiger partial charge in [0.05, 0.1) is 12.1 Å². The van der Waals surface area contributed by atoms with E-state index in [0.29, 0.717) is 12.4 Å². The van der Waals surface area contributed by atoms with Crippen LogP contribution in [0.1, 0.15) is 6.92 Å². The highest BCUT2D eigenvalue weighted by Gasteiger charge is 2.39. The zero-order valence-corrected chi connectivity index (χ0v) is 10.3. The number of nitrogens with zero attached hydrogens (tertiary/aromatic N) is 4. The van der Waals surface area contributed by atoms with E-state index in [2.05, 4.69) is 9.97 Å². The maximum atomic E-state index is 12.0. The molecule has 0 spiro atoms. The van der Waals surface area contributed by atoms with Crippen LogP contribution in [0.5, 0.6) is 0 Å². The van der Waals surface area contributed by atoms with Crippen LogP contribution < -0.4 is 4.90 Å². The average Bonchev–Trinajstić information content (AvgIpc) is 2.56. The zero-order valence-electron chi connectivity index (χ0n) is 9.54. The lowest BCUT2D eigenvalue weighted by molar-refractivity contribution is 0.164. The van der Waals surface area contributed by atoms with Crippen LogP contribution in [0.15, 0.2) is 12.3 Å². The highest BCUT2D eigenvalue weighted by Crippen LogP contribution is 2.24. The summed E-state index contributed by atoms with van der Waals surface area (Å²) in [5.41, 5.74) is 0. The Kier molecular flexibility index (Phi) is 3.17. The number of carbonyl (C=O) groups is 1. The van der Waals surface area contributed by atoms with E-state index in [1.807, 2.05) is 0 Å². The van der Waals surface area contributed by atoms with Crippen LogP contribution in [0, 0.1) is 0 Å². The fourth-order valence-electron chi connectivity index (χ4n) is 1.86. The van der Waals surface area contributed by atoms with Crippen LogP contribution in [-0.4, -0.2) is 51.7 Å². The largest absolute Gasteiger partial charge is 0.391 e. The van der Waals surface area contributed by atoms with Crippen LogP contribution in [0.25, 0.3) is 0 Å². The molecule has 0 bridgehead atoms. The molecular weight excluding hydrogens is 244 g/mol. The Hall–Kier alpha value is -1.40. The Bertz CT molecular complexity index is 440. The number of anilines is 1. The number of likely N-dealkylation sites (N-methyl/N-ethyl adjacent to an activating group) is 1. The number of amides is 2. The summed E-state index contributed by atoms with van der Waals surface area (Å²) in [6.45, 7) is 2.10. The summed E-state index contributed by atoms with van der Waals surface area (Å²) in [7, 11) is 1.68. The number of aliphatic hydroxyl groups is 1. The quantitative estimate of drug-likeness (QED) is 0.793. The van der Waals surface area contributed by atoms with Gasteiger partial charge in [-0.15, -0.1) is 0 Å². The molecule has 0 saturated carbocycles. The van der Waals surface area contributed by atoms with Crippen molar-refractivity contribution in [3.63, 3.8) is 0 Å². The lowest BCUT2D eigenvalue weighted by Crippen LogP contribution is -2.41. The SMILES string of the molecule is C[C@@H](O)[C@@H]1CN(C)C(=O)N1c1ccnc(Cl)n1. The minimum Gasteiger partial charge on any atom is -0.391 e. The van der Waals surface area contributed by atoms with Crippen molar-refractivity contribution in [3.8, 4) is 0 Å². The lowest BCUT2D eigenvalue weighted by atomic mass is 10.2. The van der Waals surface area contributed by atoms with E-state index in [0.717, 1.165) is 0 Å². The number of urea groups is 1. The minimum atomic E-state index is -0.641. The third kappa shape index (κ3) is 2.18. The summed E-state index contributed by atoms with van der Waals surface area (Å²) < 4.78 is 0. The normalized spacial score (nSPS) is 22.1. The molecule has 1 fully saturated rings. The molecule has 2 atom stereocenters. The Morgan fingerprint density at radius 1 is 1.65 bits per heavy atom. The molecule has 17 heavy (non-hydrogen) atoms. The van der Waals surface area contributed by atoms with Gasteiger partial charge >= 0.3 is 6.03 Å². The van der Waals surface area contributed by atoms with Gasteiger partial charge in [-0.1, -0.05) is 0 Å². The van der Waals surface area contributed by atoms with Gasteiger partial charge in [0.2, 0.25) is 5.28 Å². The second-order valence-electron chi connectivity index (χ2n) is 4.02. The minimum absolute atomic E-state index is 0.0780. The van der Waals surface area contributed by atoms with E-state index in [4.69, 9.17) is 11.6 Å². The van der Waals surface area contributed by atoms with Gasteiger partial charge in [0.1, 0.15) is 5.82 Å². The molecule has 0 aliphatic carbocycles. The molecule has 1 aromatic heterocycles. The van der Waals surface area contributed by atoms with E-state index in [9.17, 15) is 9.90 Å². The van der Waals surface area contributed by atoms with Gasteiger partial charge in [-0.05, 0) is 24.6 Å². The van der Waals surface area contributed by atoms with Gasteiger partial charge in [0.15, 0.2) is 0 Å².